The molecule has 0 radical (unpaired) electrons. The van der Waals surface area contributed by atoms with Crippen molar-refractivity contribution in [2.75, 3.05) is 11.4 Å². The number of aromatic nitrogens is 1. The molecule has 1 amide bonds. The summed E-state index contributed by atoms with van der Waals surface area (Å²) in [6.07, 6.45) is 1.36. The highest BCUT2D eigenvalue weighted by atomic mass is 32.2. The van der Waals surface area contributed by atoms with Crippen LogP contribution >= 0.6 is 34.4 Å². The highest BCUT2D eigenvalue weighted by molar-refractivity contribution is 8.00. The first-order chi connectivity index (χ1) is 12.2. The van der Waals surface area contributed by atoms with E-state index in [-0.39, 0.29) is 5.91 Å². The Kier molecular flexibility index (Phi) is 4.92. The third kappa shape index (κ3) is 3.66. The van der Waals surface area contributed by atoms with Crippen LogP contribution in [-0.4, -0.2) is 22.7 Å². The summed E-state index contributed by atoms with van der Waals surface area (Å²) >= 11 is 5.15. The van der Waals surface area contributed by atoms with Crippen molar-refractivity contribution in [3.05, 3.63) is 52.9 Å². The summed E-state index contributed by atoms with van der Waals surface area (Å²) in [5.41, 5.74) is 1.90. The first kappa shape index (κ1) is 16.8. The van der Waals surface area contributed by atoms with E-state index in [0.717, 1.165) is 34.2 Å². The van der Waals surface area contributed by atoms with Crippen molar-refractivity contribution in [3.8, 4) is 9.88 Å². The van der Waals surface area contributed by atoms with Gasteiger partial charge in [0.15, 0.2) is 0 Å². The van der Waals surface area contributed by atoms with Gasteiger partial charge in [-0.25, -0.2) is 4.98 Å². The number of carbonyl (C=O) groups excluding carboxylic acids is 1. The summed E-state index contributed by atoms with van der Waals surface area (Å²) in [5.74, 6) is 0.130. The molecule has 128 valence electrons. The van der Waals surface area contributed by atoms with E-state index in [9.17, 15) is 4.79 Å². The molecule has 6 heteroatoms. The fraction of sp³-hybridized carbons (Fsp3) is 0.263. The minimum absolute atomic E-state index is 0.130. The molecule has 4 rings (SSSR count). The molecule has 0 bridgehead atoms. The quantitative estimate of drug-likeness (QED) is 0.610. The molecule has 0 saturated heterocycles. The van der Waals surface area contributed by atoms with Gasteiger partial charge in [0, 0.05) is 22.1 Å². The topological polar surface area (TPSA) is 33.2 Å². The van der Waals surface area contributed by atoms with E-state index < -0.39 is 0 Å². The van der Waals surface area contributed by atoms with Gasteiger partial charge in [-0.05, 0) is 30.0 Å². The SMILES string of the molecule is CC1CCN(C(=O)Cc2csc(-c3cccs3)n2)c2ccccc2S1. The number of anilines is 1. The van der Waals surface area contributed by atoms with Crippen molar-refractivity contribution in [1.29, 1.82) is 0 Å². The Hall–Kier alpha value is -1.63. The Morgan fingerprint density at radius 1 is 1.24 bits per heavy atom. The number of hydrogen-bond donors (Lipinski definition) is 0. The number of thiazole rings is 1. The van der Waals surface area contributed by atoms with Gasteiger partial charge in [-0.1, -0.05) is 25.1 Å². The van der Waals surface area contributed by atoms with Gasteiger partial charge in [-0.15, -0.1) is 34.4 Å². The third-order valence-corrected chi connectivity index (χ3v) is 7.33. The van der Waals surface area contributed by atoms with Crippen LogP contribution in [0.25, 0.3) is 9.88 Å². The number of fused-ring (bicyclic) bond motifs is 1. The minimum Gasteiger partial charge on any atom is -0.311 e. The van der Waals surface area contributed by atoms with Crippen LogP contribution in [-0.2, 0) is 11.2 Å². The van der Waals surface area contributed by atoms with Crippen LogP contribution < -0.4 is 4.90 Å². The molecule has 1 atom stereocenters. The molecule has 0 fully saturated rings. The van der Waals surface area contributed by atoms with Crippen LogP contribution in [0.2, 0.25) is 0 Å². The molecule has 1 unspecified atom stereocenters. The van der Waals surface area contributed by atoms with Crippen LogP contribution in [0.3, 0.4) is 0 Å². The van der Waals surface area contributed by atoms with Crippen LogP contribution in [0.15, 0.2) is 52.1 Å². The third-order valence-electron chi connectivity index (χ3n) is 4.16. The van der Waals surface area contributed by atoms with Crippen molar-refractivity contribution in [2.24, 2.45) is 0 Å². The molecule has 1 aliphatic heterocycles. The van der Waals surface area contributed by atoms with Crippen LogP contribution in [0.1, 0.15) is 19.0 Å². The summed E-state index contributed by atoms with van der Waals surface area (Å²) in [4.78, 5) is 21.9. The molecule has 3 aromatic rings. The van der Waals surface area contributed by atoms with Crippen molar-refractivity contribution >= 4 is 46.0 Å². The van der Waals surface area contributed by atoms with Gasteiger partial charge in [0.05, 0.1) is 22.7 Å². The number of nitrogens with zero attached hydrogens (tertiary/aromatic N) is 2. The molecule has 0 aliphatic carbocycles. The van der Waals surface area contributed by atoms with E-state index in [1.807, 2.05) is 40.2 Å². The van der Waals surface area contributed by atoms with E-state index in [1.165, 1.54) is 4.90 Å². The standard InChI is InChI=1S/C19H18N2OS3/c1-13-8-9-21(15-5-2-3-6-16(15)25-13)18(22)11-14-12-24-19(20-14)17-7-4-10-23-17/h2-7,10,12-13H,8-9,11H2,1H3. The number of rotatable bonds is 3. The number of benzene rings is 1. The molecule has 0 spiro atoms. The second-order valence-electron chi connectivity index (χ2n) is 6.03. The van der Waals surface area contributed by atoms with Gasteiger partial charge >= 0.3 is 0 Å². The van der Waals surface area contributed by atoms with E-state index in [4.69, 9.17) is 0 Å². The van der Waals surface area contributed by atoms with E-state index in [2.05, 4.69) is 35.5 Å². The predicted molar refractivity (Wildman–Crippen MR) is 108 cm³/mol. The lowest BCUT2D eigenvalue weighted by molar-refractivity contribution is -0.118. The number of thioether (sulfide) groups is 1. The Morgan fingerprint density at radius 2 is 2.12 bits per heavy atom. The molecule has 1 aliphatic rings. The first-order valence-corrected chi connectivity index (χ1v) is 10.9. The van der Waals surface area contributed by atoms with Crippen molar-refractivity contribution < 1.29 is 4.79 Å². The number of carbonyl (C=O) groups is 1. The average Bonchev–Trinajstić information content (AvgIpc) is 3.25. The van der Waals surface area contributed by atoms with Gasteiger partial charge < -0.3 is 4.90 Å². The van der Waals surface area contributed by atoms with Gasteiger partial charge in [-0.2, -0.15) is 0 Å². The largest absolute Gasteiger partial charge is 0.311 e. The first-order valence-electron chi connectivity index (χ1n) is 8.25. The minimum atomic E-state index is 0.130. The zero-order valence-corrected chi connectivity index (χ0v) is 16.3. The van der Waals surface area contributed by atoms with Gasteiger partial charge in [-0.3, -0.25) is 4.79 Å². The van der Waals surface area contributed by atoms with Crippen LogP contribution in [0.4, 0.5) is 5.69 Å². The Balaban J connectivity index is 1.55. The van der Waals surface area contributed by atoms with E-state index in [0.29, 0.717) is 11.7 Å². The lowest BCUT2D eigenvalue weighted by Crippen LogP contribution is -2.33. The molecule has 25 heavy (non-hydrogen) atoms. The van der Waals surface area contributed by atoms with Crippen LogP contribution in [0, 0.1) is 0 Å². The molecule has 0 saturated carbocycles. The zero-order chi connectivity index (χ0) is 17.2. The Bertz CT molecular complexity index is 872. The molecular formula is C19H18N2OS3. The average molecular weight is 387 g/mol. The summed E-state index contributed by atoms with van der Waals surface area (Å²) in [7, 11) is 0. The maximum absolute atomic E-state index is 13.0. The lowest BCUT2D eigenvalue weighted by atomic mass is 10.2. The monoisotopic (exact) mass is 386 g/mol. The highest BCUT2D eigenvalue weighted by Crippen LogP contribution is 2.37. The van der Waals surface area contributed by atoms with Crippen molar-refractivity contribution in [2.45, 2.75) is 29.9 Å². The van der Waals surface area contributed by atoms with E-state index in [1.54, 1.807) is 22.7 Å². The summed E-state index contributed by atoms with van der Waals surface area (Å²) < 4.78 is 0. The van der Waals surface area contributed by atoms with Gasteiger partial charge in [0.1, 0.15) is 5.01 Å². The molecular weight excluding hydrogens is 368 g/mol. The summed E-state index contributed by atoms with van der Waals surface area (Å²) in [5, 5.41) is 5.57. The number of para-hydroxylation sites is 1. The number of thiophene rings is 1. The summed E-state index contributed by atoms with van der Waals surface area (Å²) in [6, 6.07) is 12.3. The number of amides is 1. The molecule has 1 aromatic carbocycles. The molecule has 2 aromatic heterocycles. The second-order valence-corrected chi connectivity index (χ2v) is 9.31. The predicted octanol–water partition coefficient (Wildman–Crippen LogP) is 5.33. The van der Waals surface area contributed by atoms with Gasteiger partial charge in [0.25, 0.3) is 0 Å². The zero-order valence-electron chi connectivity index (χ0n) is 13.8. The highest BCUT2D eigenvalue weighted by Gasteiger charge is 2.24. The molecule has 0 N–H and O–H groups in total. The lowest BCUT2D eigenvalue weighted by Gasteiger charge is -2.22. The van der Waals surface area contributed by atoms with Gasteiger partial charge in [0.2, 0.25) is 5.91 Å². The maximum Gasteiger partial charge on any atom is 0.233 e. The Morgan fingerprint density at radius 3 is 2.96 bits per heavy atom. The number of hydrogen-bond acceptors (Lipinski definition) is 5. The fourth-order valence-electron chi connectivity index (χ4n) is 2.90. The van der Waals surface area contributed by atoms with Crippen LogP contribution in [0.5, 0.6) is 0 Å². The normalized spacial score (nSPS) is 17.2. The molecule has 3 nitrogen and oxygen atoms in total. The Labute approximate surface area is 159 Å². The second kappa shape index (κ2) is 7.32. The maximum atomic E-state index is 13.0. The van der Waals surface area contributed by atoms with E-state index >= 15 is 0 Å². The fourth-order valence-corrected chi connectivity index (χ4v) is 5.64. The van der Waals surface area contributed by atoms with Crippen molar-refractivity contribution in [3.63, 3.8) is 0 Å². The summed E-state index contributed by atoms with van der Waals surface area (Å²) in [6.45, 7) is 3.00. The van der Waals surface area contributed by atoms with Crippen molar-refractivity contribution in [1.82, 2.24) is 4.98 Å². The smallest absolute Gasteiger partial charge is 0.233 e. The molecule has 3 heterocycles.